The molecule has 0 bridgehead atoms. The highest BCUT2D eigenvalue weighted by Crippen LogP contribution is 2.35. The minimum atomic E-state index is -0.238. The number of fused-ring (bicyclic) bond motifs is 1. The molecular weight excluding hydrogens is 386 g/mol. The van der Waals surface area contributed by atoms with Gasteiger partial charge in [0.15, 0.2) is 0 Å². The summed E-state index contributed by atoms with van der Waals surface area (Å²) in [5.74, 6) is 1.45. The number of amides is 1. The topological polar surface area (TPSA) is 73.3 Å². The molecule has 0 aliphatic rings. The predicted octanol–water partition coefficient (Wildman–Crippen LogP) is 5.36. The van der Waals surface area contributed by atoms with E-state index in [0.717, 1.165) is 15.8 Å². The van der Waals surface area contributed by atoms with Gasteiger partial charge in [0.2, 0.25) is 5.88 Å². The van der Waals surface area contributed by atoms with Crippen LogP contribution in [0, 0.1) is 13.8 Å². The van der Waals surface area contributed by atoms with Gasteiger partial charge in [0, 0.05) is 10.6 Å². The molecular formula is C22H19N3O3S. The van der Waals surface area contributed by atoms with Crippen LogP contribution >= 0.6 is 11.3 Å². The molecule has 1 N–H and O–H groups in total. The van der Waals surface area contributed by atoms with Gasteiger partial charge in [-0.25, -0.2) is 9.97 Å². The molecule has 146 valence electrons. The third-order valence-corrected chi connectivity index (χ3v) is 5.72. The quantitative estimate of drug-likeness (QED) is 0.484. The van der Waals surface area contributed by atoms with Gasteiger partial charge in [-0.1, -0.05) is 12.1 Å². The van der Waals surface area contributed by atoms with Crippen LogP contribution in [0.4, 0.5) is 5.69 Å². The maximum Gasteiger partial charge on any atom is 0.259 e. The van der Waals surface area contributed by atoms with Gasteiger partial charge in [-0.05, 0) is 55.8 Å². The fourth-order valence-corrected chi connectivity index (χ4v) is 3.96. The van der Waals surface area contributed by atoms with Crippen LogP contribution in [0.1, 0.15) is 20.8 Å². The number of hydrogen-bond acceptors (Lipinski definition) is 6. The van der Waals surface area contributed by atoms with Gasteiger partial charge >= 0.3 is 0 Å². The number of para-hydroxylation sites is 1. The maximum atomic E-state index is 12.5. The van der Waals surface area contributed by atoms with E-state index in [9.17, 15) is 4.79 Å². The first-order chi connectivity index (χ1) is 14.1. The van der Waals surface area contributed by atoms with Crippen molar-refractivity contribution in [1.29, 1.82) is 0 Å². The maximum absolute atomic E-state index is 12.5. The predicted molar refractivity (Wildman–Crippen MR) is 114 cm³/mol. The molecule has 0 aliphatic heterocycles. The summed E-state index contributed by atoms with van der Waals surface area (Å²) in [5, 5.41) is 3.80. The SMILES string of the molecule is COc1ccccc1C(=O)Nc1ccc(Oc2ncnc3sc(C)c(C)c23)cc1. The summed E-state index contributed by atoms with van der Waals surface area (Å²) in [5.41, 5.74) is 2.26. The number of carbonyl (C=O) groups is 1. The summed E-state index contributed by atoms with van der Waals surface area (Å²) in [6.07, 6.45) is 1.51. The minimum absolute atomic E-state index is 0.238. The lowest BCUT2D eigenvalue weighted by atomic mass is 10.2. The van der Waals surface area contributed by atoms with Crippen molar-refractivity contribution in [2.45, 2.75) is 13.8 Å². The summed E-state index contributed by atoms with van der Waals surface area (Å²) < 4.78 is 11.2. The Morgan fingerprint density at radius 3 is 2.55 bits per heavy atom. The van der Waals surface area contributed by atoms with Crippen molar-refractivity contribution in [2.75, 3.05) is 12.4 Å². The Bertz CT molecular complexity index is 1190. The van der Waals surface area contributed by atoms with E-state index < -0.39 is 0 Å². The Labute approximate surface area is 172 Å². The number of benzene rings is 2. The molecule has 0 radical (unpaired) electrons. The zero-order chi connectivity index (χ0) is 20.4. The fourth-order valence-electron chi connectivity index (χ4n) is 2.98. The zero-order valence-electron chi connectivity index (χ0n) is 16.2. The van der Waals surface area contributed by atoms with E-state index in [1.54, 1.807) is 60.9 Å². The molecule has 0 fully saturated rings. The van der Waals surface area contributed by atoms with Crippen molar-refractivity contribution in [3.05, 3.63) is 70.9 Å². The molecule has 2 aromatic heterocycles. The van der Waals surface area contributed by atoms with Gasteiger partial charge in [0.25, 0.3) is 5.91 Å². The van der Waals surface area contributed by atoms with Crippen LogP contribution in [-0.2, 0) is 0 Å². The molecule has 0 aliphatic carbocycles. The smallest absolute Gasteiger partial charge is 0.259 e. The van der Waals surface area contributed by atoms with Gasteiger partial charge in [-0.2, -0.15) is 0 Å². The lowest BCUT2D eigenvalue weighted by Crippen LogP contribution is -2.12. The van der Waals surface area contributed by atoms with Crippen LogP contribution in [0.25, 0.3) is 10.2 Å². The summed E-state index contributed by atoms with van der Waals surface area (Å²) >= 11 is 1.62. The highest BCUT2D eigenvalue weighted by atomic mass is 32.1. The van der Waals surface area contributed by atoms with E-state index in [1.165, 1.54) is 11.2 Å². The van der Waals surface area contributed by atoms with Crippen molar-refractivity contribution in [3.63, 3.8) is 0 Å². The highest BCUT2D eigenvalue weighted by Gasteiger charge is 2.14. The van der Waals surface area contributed by atoms with Crippen LogP contribution in [0.2, 0.25) is 0 Å². The lowest BCUT2D eigenvalue weighted by molar-refractivity contribution is 0.102. The average molecular weight is 405 g/mol. The van der Waals surface area contributed by atoms with E-state index in [1.807, 2.05) is 13.0 Å². The molecule has 4 aromatic rings. The molecule has 2 aromatic carbocycles. The number of nitrogens with zero attached hydrogens (tertiary/aromatic N) is 2. The molecule has 0 spiro atoms. The minimum Gasteiger partial charge on any atom is -0.496 e. The number of aryl methyl sites for hydroxylation is 2. The number of hydrogen-bond donors (Lipinski definition) is 1. The van der Waals surface area contributed by atoms with Crippen molar-refractivity contribution in [1.82, 2.24) is 9.97 Å². The second kappa shape index (κ2) is 7.89. The molecule has 7 heteroatoms. The van der Waals surface area contributed by atoms with Crippen molar-refractivity contribution in [2.24, 2.45) is 0 Å². The molecule has 6 nitrogen and oxygen atoms in total. The molecule has 2 heterocycles. The van der Waals surface area contributed by atoms with Gasteiger partial charge in [0.05, 0.1) is 18.1 Å². The zero-order valence-corrected chi connectivity index (χ0v) is 17.0. The van der Waals surface area contributed by atoms with Gasteiger partial charge in [-0.15, -0.1) is 11.3 Å². The first kappa shape index (κ1) is 18.9. The third kappa shape index (κ3) is 3.77. The van der Waals surface area contributed by atoms with Gasteiger partial charge < -0.3 is 14.8 Å². The molecule has 0 atom stereocenters. The summed E-state index contributed by atoms with van der Waals surface area (Å²) in [6.45, 7) is 4.10. The Kier molecular flexibility index (Phi) is 5.14. The summed E-state index contributed by atoms with van der Waals surface area (Å²) in [7, 11) is 1.54. The summed E-state index contributed by atoms with van der Waals surface area (Å²) in [4.78, 5) is 23.2. The molecule has 0 saturated carbocycles. The van der Waals surface area contributed by atoms with E-state index in [4.69, 9.17) is 9.47 Å². The fraction of sp³-hybridized carbons (Fsp3) is 0.136. The normalized spacial score (nSPS) is 10.7. The number of anilines is 1. The molecule has 29 heavy (non-hydrogen) atoms. The van der Waals surface area contributed by atoms with Crippen LogP contribution in [-0.4, -0.2) is 23.0 Å². The first-order valence-corrected chi connectivity index (χ1v) is 9.81. The number of methoxy groups -OCH3 is 1. The first-order valence-electron chi connectivity index (χ1n) is 9.00. The monoisotopic (exact) mass is 405 g/mol. The number of ether oxygens (including phenoxy) is 2. The third-order valence-electron chi connectivity index (χ3n) is 4.61. The standard InChI is InChI=1S/C22H19N3O3S/c1-13-14(2)29-22-19(13)21(23-12-24-22)28-16-10-8-15(9-11-16)25-20(26)17-6-4-5-7-18(17)27-3/h4-12H,1-3H3,(H,25,26). The van der Waals surface area contributed by atoms with E-state index in [0.29, 0.717) is 28.6 Å². The molecule has 0 saturated heterocycles. The van der Waals surface area contributed by atoms with Crippen LogP contribution in [0.3, 0.4) is 0 Å². The van der Waals surface area contributed by atoms with Crippen molar-refractivity contribution in [3.8, 4) is 17.4 Å². The summed E-state index contributed by atoms with van der Waals surface area (Å²) in [6, 6.07) is 14.2. The number of thiophene rings is 1. The Hall–Kier alpha value is -3.45. The Balaban J connectivity index is 1.52. The van der Waals surface area contributed by atoms with Gasteiger partial charge in [-0.3, -0.25) is 4.79 Å². The Morgan fingerprint density at radius 1 is 1.03 bits per heavy atom. The van der Waals surface area contributed by atoms with E-state index in [2.05, 4.69) is 22.2 Å². The van der Waals surface area contributed by atoms with Crippen molar-refractivity contribution >= 4 is 33.1 Å². The van der Waals surface area contributed by atoms with E-state index in [-0.39, 0.29) is 5.91 Å². The second-order valence-electron chi connectivity index (χ2n) is 6.42. The lowest BCUT2D eigenvalue weighted by Gasteiger charge is -2.10. The second-order valence-corrected chi connectivity index (χ2v) is 7.63. The van der Waals surface area contributed by atoms with Crippen LogP contribution in [0.5, 0.6) is 17.4 Å². The molecule has 0 unspecified atom stereocenters. The molecule has 1 amide bonds. The number of rotatable bonds is 5. The highest BCUT2D eigenvalue weighted by molar-refractivity contribution is 7.18. The Morgan fingerprint density at radius 2 is 1.79 bits per heavy atom. The molecule has 4 rings (SSSR count). The van der Waals surface area contributed by atoms with Crippen molar-refractivity contribution < 1.29 is 14.3 Å². The van der Waals surface area contributed by atoms with E-state index >= 15 is 0 Å². The van der Waals surface area contributed by atoms with Crippen LogP contribution in [0.15, 0.2) is 54.9 Å². The van der Waals surface area contributed by atoms with Gasteiger partial charge in [0.1, 0.15) is 22.7 Å². The van der Waals surface area contributed by atoms with Crippen LogP contribution < -0.4 is 14.8 Å². The number of aromatic nitrogens is 2. The number of carbonyl (C=O) groups excluding carboxylic acids is 1. The average Bonchev–Trinajstić information content (AvgIpc) is 3.04. The largest absolute Gasteiger partial charge is 0.496 e. The number of nitrogens with one attached hydrogen (secondary N) is 1.